The Morgan fingerprint density at radius 3 is 2.65 bits per heavy atom. The Kier molecular flexibility index (Phi) is 8.32. The minimum atomic E-state index is 0.102. The van der Waals surface area contributed by atoms with Gasteiger partial charge in [-0.1, -0.05) is 45.1 Å². The number of thiophene rings is 1. The molecule has 0 aliphatic carbocycles. The molecule has 0 saturated heterocycles. The van der Waals surface area contributed by atoms with Crippen LogP contribution in [0, 0.1) is 0 Å². The minimum absolute atomic E-state index is 0.102. The molecule has 0 aromatic carbocycles. The van der Waals surface area contributed by atoms with Gasteiger partial charge in [0.05, 0.1) is 0 Å². The van der Waals surface area contributed by atoms with Crippen LogP contribution in [0.5, 0.6) is 0 Å². The molecule has 3 heteroatoms. The average Bonchev–Trinajstić information content (AvgIpc) is 2.86. The van der Waals surface area contributed by atoms with Gasteiger partial charge < -0.3 is 10.5 Å². The van der Waals surface area contributed by atoms with E-state index in [2.05, 4.69) is 24.4 Å². The zero-order chi connectivity index (χ0) is 12.3. The van der Waals surface area contributed by atoms with Gasteiger partial charge in [-0.25, -0.2) is 0 Å². The summed E-state index contributed by atoms with van der Waals surface area (Å²) >= 11 is 1.73. The smallest absolute Gasteiger partial charge is 0.104 e. The summed E-state index contributed by atoms with van der Waals surface area (Å²) in [5.41, 5.74) is 5.73. The molecule has 1 unspecified atom stereocenters. The van der Waals surface area contributed by atoms with Crippen molar-refractivity contribution in [1.29, 1.82) is 0 Å². The highest BCUT2D eigenvalue weighted by Crippen LogP contribution is 2.21. The molecule has 1 rings (SSSR count). The minimum Gasteiger partial charge on any atom is -0.371 e. The first-order valence-corrected chi connectivity index (χ1v) is 7.61. The van der Waals surface area contributed by atoms with E-state index in [1.54, 1.807) is 11.3 Å². The molecule has 98 valence electrons. The predicted octanol–water partition coefficient (Wildman–Crippen LogP) is 4.13. The molecule has 1 aromatic heterocycles. The standard InChI is InChI=1S/C14H25NOS/c1-2-3-4-5-6-7-10-16-13(12-15)14-9-8-11-17-14/h8-9,11,13H,2-7,10,12,15H2,1H3. The molecule has 0 aliphatic heterocycles. The summed E-state index contributed by atoms with van der Waals surface area (Å²) in [6, 6.07) is 4.15. The molecule has 2 nitrogen and oxygen atoms in total. The lowest BCUT2D eigenvalue weighted by Gasteiger charge is -2.14. The monoisotopic (exact) mass is 255 g/mol. The third kappa shape index (κ3) is 6.20. The Morgan fingerprint density at radius 1 is 1.24 bits per heavy atom. The van der Waals surface area contributed by atoms with Crippen molar-refractivity contribution in [2.75, 3.05) is 13.2 Å². The van der Waals surface area contributed by atoms with Gasteiger partial charge in [-0.2, -0.15) is 0 Å². The normalized spacial score (nSPS) is 12.8. The van der Waals surface area contributed by atoms with Gasteiger partial charge in [0.25, 0.3) is 0 Å². The van der Waals surface area contributed by atoms with E-state index >= 15 is 0 Å². The first-order valence-electron chi connectivity index (χ1n) is 6.73. The van der Waals surface area contributed by atoms with Gasteiger partial charge in [0.2, 0.25) is 0 Å². The van der Waals surface area contributed by atoms with E-state index in [1.807, 2.05) is 0 Å². The molecular formula is C14H25NOS. The molecule has 2 N–H and O–H groups in total. The SMILES string of the molecule is CCCCCCCCOC(CN)c1cccs1. The number of unbranched alkanes of at least 4 members (excludes halogenated alkanes) is 5. The second-order valence-corrected chi connectivity index (χ2v) is 5.36. The van der Waals surface area contributed by atoms with Crippen LogP contribution >= 0.6 is 11.3 Å². The fourth-order valence-electron chi connectivity index (χ4n) is 1.85. The van der Waals surface area contributed by atoms with Crippen molar-refractivity contribution in [3.05, 3.63) is 22.4 Å². The van der Waals surface area contributed by atoms with Crippen LogP contribution in [0.25, 0.3) is 0 Å². The fraction of sp³-hybridized carbons (Fsp3) is 0.714. The topological polar surface area (TPSA) is 35.2 Å². The highest BCUT2D eigenvalue weighted by atomic mass is 32.1. The van der Waals surface area contributed by atoms with Gasteiger partial charge in [-0.15, -0.1) is 11.3 Å². The fourth-order valence-corrected chi connectivity index (χ4v) is 2.64. The number of hydrogen-bond donors (Lipinski definition) is 1. The molecule has 0 radical (unpaired) electrons. The Balaban J connectivity index is 2.04. The van der Waals surface area contributed by atoms with E-state index < -0.39 is 0 Å². The predicted molar refractivity (Wildman–Crippen MR) is 75.4 cm³/mol. The third-order valence-electron chi connectivity index (χ3n) is 2.89. The molecule has 1 aromatic rings. The molecular weight excluding hydrogens is 230 g/mol. The Labute approximate surface area is 109 Å². The zero-order valence-electron chi connectivity index (χ0n) is 10.9. The Morgan fingerprint density at radius 2 is 2.00 bits per heavy atom. The molecule has 17 heavy (non-hydrogen) atoms. The summed E-state index contributed by atoms with van der Waals surface area (Å²) in [5.74, 6) is 0. The molecule has 0 fully saturated rings. The second kappa shape index (κ2) is 9.63. The summed E-state index contributed by atoms with van der Waals surface area (Å²) in [5, 5.41) is 2.08. The molecule has 0 aliphatic rings. The number of ether oxygens (including phenoxy) is 1. The van der Waals surface area contributed by atoms with Gasteiger partial charge in [0.15, 0.2) is 0 Å². The lowest BCUT2D eigenvalue weighted by Crippen LogP contribution is -2.15. The van der Waals surface area contributed by atoms with E-state index in [0.29, 0.717) is 6.54 Å². The van der Waals surface area contributed by atoms with Crippen LogP contribution in [0.2, 0.25) is 0 Å². The first-order chi connectivity index (χ1) is 8.38. The van der Waals surface area contributed by atoms with Crippen LogP contribution in [-0.4, -0.2) is 13.2 Å². The van der Waals surface area contributed by atoms with Gasteiger partial charge in [0, 0.05) is 18.0 Å². The van der Waals surface area contributed by atoms with E-state index in [1.165, 1.54) is 37.0 Å². The number of nitrogens with two attached hydrogens (primary N) is 1. The van der Waals surface area contributed by atoms with Crippen molar-refractivity contribution in [2.24, 2.45) is 5.73 Å². The Hall–Kier alpha value is -0.380. The summed E-state index contributed by atoms with van der Waals surface area (Å²) in [6.45, 7) is 3.66. The quantitative estimate of drug-likeness (QED) is 0.638. The van der Waals surface area contributed by atoms with E-state index in [-0.39, 0.29) is 6.10 Å². The largest absolute Gasteiger partial charge is 0.371 e. The molecule has 0 bridgehead atoms. The third-order valence-corrected chi connectivity index (χ3v) is 3.86. The van der Waals surface area contributed by atoms with Crippen molar-refractivity contribution in [3.63, 3.8) is 0 Å². The van der Waals surface area contributed by atoms with Crippen molar-refractivity contribution in [1.82, 2.24) is 0 Å². The summed E-state index contributed by atoms with van der Waals surface area (Å²) < 4.78 is 5.83. The lowest BCUT2D eigenvalue weighted by molar-refractivity contribution is 0.0581. The van der Waals surface area contributed by atoms with Crippen LogP contribution in [-0.2, 0) is 4.74 Å². The van der Waals surface area contributed by atoms with Crippen LogP contribution < -0.4 is 5.73 Å². The van der Waals surface area contributed by atoms with Crippen LogP contribution in [0.3, 0.4) is 0 Å². The molecule has 0 amide bonds. The van der Waals surface area contributed by atoms with Gasteiger partial charge in [-0.3, -0.25) is 0 Å². The first kappa shape index (κ1) is 14.7. The van der Waals surface area contributed by atoms with Crippen LogP contribution in [0.1, 0.15) is 56.4 Å². The molecule has 0 spiro atoms. The van der Waals surface area contributed by atoms with Gasteiger partial charge >= 0.3 is 0 Å². The maximum absolute atomic E-state index is 5.83. The highest BCUT2D eigenvalue weighted by Gasteiger charge is 2.10. The maximum atomic E-state index is 5.83. The van der Waals surface area contributed by atoms with Gasteiger partial charge in [-0.05, 0) is 17.9 Å². The summed E-state index contributed by atoms with van der Waals surface area (Å²) in [7, 11) is 0. The maximum Gasteiger partial charge on any atom is 0.104 e. The summed E-state index contributed by atoms with van der Waals surface area (Å²) in [4.78, 5) is 1.25. The molecule has 0 saturated carbocycles. The Bertz CT molecular complexity index is 261. The molecule has 1 atom stereocenters. The van der Waals surface area contributed by atoms with Crippen LogP contribution in [0.15, 0.2) is 17.5 Å². The average molecular weight is 255 g/mol. The highest BCUT2D eigenvalue weighted by molar-refractivity contribution is 7.10. The number of rotatable bonds is 10. The van der Waals surface area contributed by atoms with Gasteiger partial charge in [0.1, 0.15) is 6.10 Å². The van der Waals surface area contributed by atoms with Crippen LogP contribution in [0.4, 0.5) is 0 Å². The van der Waals surface area contributed by atoms with Crippen molar-refractivity contribution in [2.45, 2.75) is 51.6 Å². The summed E-state index contributed by atoms with van der Waals surface area (Å²) in [6.07, 6.45) is 7.91. The van der Waals surface area contributed by atoms with Crippen molar-refractivity contribution in [3.8, 4) is 0 Å². The number of hydrogen-bond acceptors (Lipinski definition) is 3. The van der Waals surface area contributed by atoms with E-state index in [0.717, 1.165) is 13.0 Å². The van der Waals surface area contributed by atoms with E-state index in [4.69, 9.17) is 10.5 Å². The second-order valence-electron chi connectivity index (χ2n) is 4.38. The van der Waals surface area contributed by atoms with E-state index in [9.17, 15) is 0 Å². The van der Waals surface area contributed by atoms with Crippen molar-refractivity contribution >= 4 is 11.3 Å². The van der Waals surface area contributed by atoms with Crippen molar-refractivity contribution < 1.29 is 4.74 Å². The molecule has 1 heterocycles. The zero-order valence-corrected chi connectivity index (χ0v) is 11.7. The lowest BCUT2D eigenvalue weighted by atomic mass is 10.1.